The molecule has 0 spiro atoms. The smallest absolute Gasteiger partial charge is 0.271 e. The van der Waals surface area contributed by atoms with E-state index < -0.39 is 10.8 Å². The van der Waals surface area contributed by atoms with Crippen molar-refractivity contribution < 1.29 is 19.2 Å². The van der Waals surface area contributed by atoms with E-state index in [2.05, 4.69) is 17.5 Å². The molecule has 0 saturated heterocycles. The number of hydrogen-bond donors (Lipinski definition) is 1. The third kappa shape index (κ3) is 7.20. The van der Waals surface area contributed by atoms with Crippen LogP contribution in [0.3, 0.4) is 0 Å². The number of nitrogens with one attached hydrogen (secondary N) is 1. The van der Waals surface area contributed by atoms with E-state index in [9.17, 15) is 14.9 Å². The Labute approximate surface area is 176 Å². The van der Waals surface area contributed by atoms with Gasteiger partial charge in [0.25, 0.3) is 11.6 Å². The molecule has 0 saturated carbocycles. The van der Waals surface area contributed by atoms with Crippen LogP contribution in [0, 0.1) is 10.1 Å². The first-order valence-corrected chi connectivity index (χ1v) is 10.0. The first-order valence-electron chi connectivity index (χ1n) is 10.0. The molecule has 2 aromatic carbocycles. The van der Waals surface area contributed by atoms with Crippen molar-refractivity contribution in [1.29, 1.82) is 0 Å². The minimum absolute atomic E-state index is 0.0776. The molecular weight excluding hydrogens is 386 g/mol. The first-order chi connectivity index (χ1) is 14.5. The van der Waals surface area contributed by atoms with Gasteiger partial charge >= 0.3 is 0 Å². The predicted octanol–water partition coefficient (Wildman–Crippen LogP) is 4.72. The molecule has 0 bridgehead atoms. The van der Waals surface area contributed by atoms with Gasteiger partial charge in [0, 0.05) is 17.7 Å². The van der Waals surface area contributed by atoms with Crippen LogP contribution in [-0.4, -0.2) is 30.3 Å². The van der Waals surface area contributed by atoms with Gasteiger partial charge in [-0.3, -0.25) is 14.9 Å². The van der Waals surface area contributed by atoms with Gasteiger partial charge in [-0.05, 0) is 49.2 Å². The Kier molecular flexibility index (Phi) is 9.30. The fraction of sp³-hybridized carbons (Fsp3) is 0.364. The van der Waals surface area contributed by atoms with Crippen molar-refractivity contribution in [3.8, 4) is 11.5 Å². The quantitative estimate of drug-likeness (QED) is 0.235. The molecule has 0 aliphatic carbocycles. The van der Waals surface area contributed by atoms with Crippen LogP contribution in [0.2, 0.25) is 0 Å². The van der Waals surface area contributed by atoms with Crippen LogP contribution in [0.25, 0.3) is 0 Å². The molecule has 0 unspecified atom stereocenters. The maximum atomic E-state index is 12.1. The zero-order valence-corrected chi connectivity index (χ0v) is 17.3. The predicted molar refractivity (Wildman–Crippen MR) is 115 cm³/mol. The summed E-state index contributed by atoms with van der Waals surface area (Å²) in [6.45, 7) is 5.21. The van der Waals surface area contributed by atoms with Crippen LogP contribution in [0.5, 0.6) is 11.5 Å². The number of benzene rings is 2. The number of hydrogen-bond acceptors (Lipinski definition) is 6. The zero-order valence-electron chi connectivity index (χ0n) is 17.3. The standard InChI is InChI=1S/C22H27N3O5/c1-3-5-6-7-14-30-20-13-8-17(15-21(20)29-4-2)16-23-24-22(26)18-9-11-19(12-10-18)25(27)28/h8-13,15-16H,3-7,14H2,1-2H3,(H,24,26)/b23-16+. The first kappa shape index (κ1) is 22.9. The summed E-state index contributed by atoms with van der Waals surface area (Å²) >= 11 is 0. The fourth-order valence-corrected chi connectivity index (χ4v) is 2.67. The van der Waals surface area contributed by atoms with Gasteiger partial charge in [-0.15, -0.1) is 0 Å². The normalized spacial score (nSPS) is 10.7. The number of amides is 1. The van der Waals surface area contributed by atoms with Gasteiger partial charge in [-0.1, -0.05) is 26.2 Å². The highest BCUT2D eigenvalue weighted by atomic mass is 16.6. The SMILES string of the molecule is CCCCCCOc1ccc(/C=N/NC(=O)c2ccc([N+](=O)[O-])cc2)cc1OCC. The highest BCUT2D eigenvalue weighted by Gasteiger charge is 2.09. The molecule has 2 aromatic rings. The van der Waals surface area contributed by atoms with E-state index in [1.54, 1.807) is 6.07 Å². The molecule has 8 nitrogen and oxygen atoms in total. The van der Waals surface area contributed by atoms with Crippen molar-refractivity contribution in [3.63, 3.8) is 0 Å². The largest absolute Gasteiger partial charge is 0.490 e. The van der Waals surface area contributed by atoms with E-state index >= 15 is 0 Å². The van der Waals surface area contributed by atoms with Gasteiger partial charge in [0.2, 0.25) is 0 Å². The Hall–Kier alpha value is -3.42. The van der Waals surface area contributed by atoms with Crippen LogP contribution in [0.15, 0.2) is 47.6 Å². The molecule has 0 aromatic heterocycles. The summed E-state index contributed by atoms with van der Waals surface area (Å²) < 4.78 is 11.5. The highest BCUT2D eigenvalue weighted by Crippen LogP contribution is 2.28. The Balaban J connectivity index is 1.95. The molecule has 0 aliphatic heterocycles. The van der Waals surface area contributed by atoms with Crippen molar-refractivity contribution in [2.24, 2.45) is 5.10 Å². The number of unbranched alkanes of at least 4 members (excludes halogenated alkanes) is 3. The molecule has 2 rings (SSSR count). The molecule has 8 heteroatoms. The van der Waals surface area contributed by atoms with E-state index in [-0.39, 0.29) is 11.3 Å². The molecule has 0 heterocycles. The maximum absolute atomic E-state index is 12.1. The second-order valence-corrected chi connectivity index (χ2v) is 6.55. The minimum Gasteiger partial charge on any atom is -0.490 e. The number of ether oxygens (including phenoxy) is 2. The van der Waals surface area contributed by atoms with Crippen LogP contribution in [0.1, 0.15) is 55.5 Å². The van der Waals surface area contributed by atoms with Crippen LogP contribution >= 0.6 is 0 Å². The summed E-state index contributed by atoms with van der Waals surface area (Å²) in [5.41, 5.74) is 3.34. The molecular formula is C22H27N3O5. The van der Waals surface area contributed by atoms with Crippen LogP contribution < -0.4 is 14.9 Å². The molecule has 1 amide bonds. The summed E-state index contributed by atoms with van der Waals surface area (Å²) in [7, 11) is 0. The number of rotatable bonds is 12. The van der Waals surface area contributed by atoms with Gasteiger partial charge in [-0.2, -0.15) is 5.10 Å². The summed E-state index contributed by atoms with van der Waals surface area (Å²) in [6, 6.07) is 10.7. The number of carbonyl (C=O) groups excluding carboxylic acids is 1. The number of non-ortho nitro benzene ring substituents is 1. The molecule has 0 radical (unpaired) electrons. The number of nitro groups is 1. The van der Waals surface area contributed by atoms with Gasteiger partial charge < -0.3 is 9.47 Å². The van der Waals surface area contributed by atoms with Crippen LogP contribution in [-0.2, 0) is 0 Å². The number of nitrogens with zero attached hydrogens (tertiary/aromatic N) is 2. The van der Waals surface area contributed by atoms with Gasteiger partial charge in [0.15, 0.2) is 11.5 Å². The summed E-state index contributed by atoms with van der Waals surface area (Å²) in [5.74, 6) is 0.845. The zero-order chi connectivity index (χ0) is 21.8. The van der Waals surface area contributed by atoms with E-state index in [0.29, 0.717) is 24.7 Å². The lowest BCUT2D eigenvalue weighted by molar-refractivity contribution is -0.384. The number of carbonyl (C=O) groups is 1. The molecule has 30 heavy (non-hydrogen) atoms. The average Bonchev–Trinajstić information content (AvgIpc) is 2.75. The lowest BCUT2D eigenvalue weighted by atomic mass is 10.2. The maximum Gasteiger partial charge on any atom is 0.271 e. The Morgan fingerprint density at radius 1 is 1.07 bits per heavy atom. The fourth-order valence-electron chi connectivity index (χ4n) is 2.67. The van der Waals surface area contributed by atoms with E-state index in [4.69, 9.17) is 9.47 Å². The second-order valence-electron chi connectivity index (χ2n) is 6.55. The van der Waals surface area contributed by atoms with E-state index in [0.717, 1.165) is 18.4 Å². The third-order valence-corrected chi connectivity index (χ3v) is 4.24. The lowest BCUT2D eigenvalue weighted by Crippen LogP contribution is -2.17. The van der Waals surface area contributed by atoms with Crippen molar-refractivity contribution in [1.82, 2.24) is 5.43 Å². The topological polar surface area (TPSA) is 103 Å². The van der Waals surface area contributed by atoms with Crippen molar-refractivity contribution in [2.75, 3.05) is 13.2 Å². The summed E-state index contributed by atoms with van der Waals surface area (Å²) in [4.78, 5) is 22.2. The molecule has 1 N–H and O–H groups in total. The Bertz CT molecular complexity index is 866. The number of hydrazone groups is 1. The number of nitro benzene ring substituents is 1. The van der Waals surface area contributed by atoms with Gasteiger partial charge in [-0.25, -0.2) is 5.43 Å². The van der Waals surface area contributed by atoms with Crippen molar-refractivity contribution in [2.45, 2.75) is 39.5 Å². The Morgan fingerprint density at radius 3 is 2.50 bits per heavy atom. The lowest BCUT2D eigenvalue weighted by Gasteiger charge is -2.12. The van der Waals surface area contributed by atoms with E-state index in [1.807, 2.05) is 19.1 Å². The second kappa shape index (κ2) is 12.2. The van der Waals surface area contributed by atoms with E-state index in [1.165, 1.54) is 43.3 Å². The average molecular weight is 413 g/mol. The minimum atomic E-state index is -0.519. The third-order valence-electron chi connectivity index (χ3n) is 4.24. The monoisotopic (exact) mass is 413 g/mol. The van der Waals surface area contributed by atoms with Crippen LogP contribution in [0.4, 0.5) is 5.69 Å². The molecule has 160 valence electrons. The highest BCUT2D eigenvalue weighted by molar-refractivity contribution is 5.95. The van der Waals surface area contributed by atoms with Crippen molar-refractivity contribution >= 4 is 17.8 Å². The molecule has 0 aliphatic rings. The molecule has 0 atom stereocenters. The van der Waals surface area contributed by atoms with Gasteiger partial charge in [0.1, 0.15) is 0 Å². The summed E-state index contributed by atoms with van der Waals surface area (Å²) in [5, 5.41) is 14.6. The van der Waals surface area contributed by atoms with Gasteiger partial charge in [0.05, 0.1) is 24.4 Å². The summed E-state index contributed by atoms with van der Waals surface area (Å²) in [6.07, 6.45) is 6.01. The Morgan fingerprint density at radius 2 is 1.83 bits per heavy atom. The van der Waals surface area contributed by atoms with Crippen molar-refractivity contribution in [3.05, 3.63) is 63.7 Å². The molecule has 0 fully saturated rings.